The zero-order valence-corrected chi connectivity index (χ0v) is 18.8. The van der Waals surface area contributed by atoms with E-state index in [1.807, 2.05) is 6.92 Å². The molecule has 2 unspecified atom stereocenters. The number of nitrogens with zero attached hydrogens (tertiary/aromatic N) is 1. The summed E-state index contributed by atoms with van der Waals surface area (Å²) < 4.78 is 0. The highest BCUT2D eigenvalue weighted by Crippen LogP contribution is 2.52. The van der Waals surface area contributed by atoms with Gasteiger partial charge in [0.15, 0.2) is 0 Å². The van der Waals surface area contributed by atoms with Crippen molar-refractivity contribution in [3.05, 3.63) is 40.4 Å². The van der Waals surface area contributed by atoms with Gasteiger partial charge in [0.1, 0.15) is 5.70 Å². The number of benzene rings is 1. The third-order valence-electron chi connectivity index (χ3n) is 6.46. The maximum absolute atomic E-state index is 13.0. The number of hydrogen-bond donors (Lipinski definition) is 5. The number of amides is 2. The largest absolute Gasteiger partial charge is 0.478 e. The first-order valence-corrected chi connectivity index (χ1v) is 11.5. The van der Waals surface area contributed by atoms with E-state index in [0.29, 0.717) is 23.7 Å². The second-order valence-corrected chi connectivity index (χ2v) is 9.85. The maximum atomic E-state index is 13.0. The van der Waals surface area contributed by atoms with Crippen molar-refractivity contribution < 1.29 is 34.5 Å². The molecule has 2 fully saturated rings. The molecule has 176 valence electrons. The van der Waals surface area contributed by atoms with Crippen LogP contribution in [0.15, 0.2) is 34.9 Å². The number of aliphatic hydroxyl groups is 1. The first-order valence-electron chi connectivity index (χ1n) is 10.6. The van der Waals surface area contributed by atoms with Crippen LogP contribution in [-0.4, -0.2) is 74.5 Å². The van der Waals surface area contributed by atoms with Crippen molar-refractivity contribution in [3.8, 4) is 0 Å². The summed E-state index contributed by atoms with van der Waals surface area (Å²) in [7, 11) is 0. The van der Waals surface area contributed by atoms with Crippen LogP contribution in [0, 0.1) is 17.8 Å². The number of nitrogens with one attached hydrogen (secondary N) is 2. The molecule has 33 heavy (non-hydrogen) atoms. The van der Waals surface area contributed by atoms with Crippen LogP contribution in [0.2, 0.25) is 0 Å². The Bertz CT molecular complexity index is 1060. The van der Waals surface area contributed by atoms with Crippen LogP contribution in [0.1, 0.15) is 24.2 Å². The van der Waals surface area contributed by atoms with Gasteiger partial charge in [-0.15, -0.1) is 11.8 Å². The lowest BCUT2D eigenvalue weighted by molar-refractivity contribution is -0.163. The molecule has 2 amide bonds. The Kier molecular flexibility index (Phi) is 6.21. The van der Waals surface area contributed by atoms with Gasteiger partial charge in [0, 0.05) is 34.8 Å². The second-order valence-electron chi connectivity index (χ2n) is 8.57. The Hall–Kier alpha value is -2.89. The van der Waals surface area contributed by atoms with Crippen molar-refractivity contribution in [1.82, 2.24) is 10.2 Å². The molecule has 0 aliphatic carbocycles. The van der Waals surface area contributed by atoms with Crippen molar-refractivity contribution >= 4 is 41.2 Å². The van der Waals surface area contributed by atoms with Gasteiger partial charge in [-0.1, -0.05) is 13.0 Å². The number of hydrogen-bond acceptors (Lipinski definition) is 7. The van der Waals surface area contributed by atoms with E-state index in [9.17, 15) is 29.4 Å². The van der Waals surface area contributed by atoms with Gasteiger partial charge in [-0.05, 0) is 25.1 Å². The average Bonchev–Trinajstić information content (AvgIpc) is 3.30. The molecule has 1 aromatic carbocycles. The number of anilines is 1. The summed E-state index contributed by atoms with van der Waals surface area (Å²) in [5, 5.41) is 34.6. The molecule has 0 saturated carbocycles. The first kappa shape index (κ1) is 23.3. The van der Waals surface area contributed by atoms with E-state index in [0.717, 1.165) is 0 Å². The number of aromatic carboxylic acids is 1. The molecule has 0 aromatic heterocycles. The fourth-order valence-electron chi connectivity index (χ4n) is 4.85. The second kappa shape index (κ2) is 8.81. The smallest absolute Gasteiger partial charge is 0.353 e. The highest BCUT2D eigenvalue weighted by atomic mass is 32.2. The summed E-state index contributed by atoms with van der Waals surface area (Å²) in [5.74, 6) is -4.42. The third-order valence-corrected chi connectivity index (χ3v) is 8.08. The van der Waals surface area contributed by atoms with Crippen LogP contribution in [0.25, 0.3) is 0 Å². The number of fused-ring (bicyclic) bond motifs is 1. The normalized spacial score (nSPS) is 29.5. The minimum atomic E-state index is -1.21. The average molecular weight is 476 g/mol. The number of rotatable bonds is 7. The Labute approximate surface area is 194 Å². The van der Waals surface area contributed by atoms with E-state index in [-0.39, 0.29) is 28.3 Å². The molecular formula is C22H25N3O7S. The quantitative estimate of drug-likeness (QED) is 0.360. The van der Waals surface area contributed by atoms with Crippen LogP contribution in [0.4, 0.5) is 5.69 Å². The van der Waals surface area contributed by atoms with Crippen LogP contribution < -0.4 is 10.6 Å². The number of carboxylic acids is 2. The van der Waals surface area contributed by atoms with Gasteiger partial charge < -0.3 is 30.9 Å². The lowest BCUT2D eigenvalue weighted by atomic mass is 9.79. The lowest BCUT2D eigenvalue weighted by Gasteiger charge is -2.46. The molecule has 2 saturated heterocycles. The molecule has 1 aromatic rings. The lowest BCUT2D eigenvalue weighted by Crippen LogP contribution is -2.63. The molecule has 10 nitrogen and oxygen atoms in total. The van der Waals surface area contributed by atoms with Gasteiger partial charge in [0.25, 0.3) is 0 Å². The number of carboxylic acid groups (broad SMARTS) is 2. The number of aliphatic hydroxyl groups excluding tert-OH is 1. The molecule has 0 bridgehead atoms. The summed E-state index contributed by atoms with van der Waals surface area (Å²) in [6.45, 7) is 4.22. The molecule has 3 heterocycles. The number of aliphatic carboxylic acids is 1. The van der Waals surface area contributed by atoms with E-state index < -0.39 is 41.8 Å². The first-order chi connectivity index (χ1) is 15.6. The number of β-lactam (4-membered cyclic amide) rings is 1. The fraction of sp³-hybridized carbons (Fsp3) is 0.455. The van der Waals surface area contributed by atoms with Gasteiger partial charge in [0.2, 0.25) is 11.8 Å². The van der Waals surface area contributed by atoms with E-state index in [4.69, 9.17) is 5.11 Å². The number of carbonyl (C=O) groups is 4. The fourth-order valence-corrected chi connectivity index (χ4v) is 6.41. The molecule has 6 atom stereocenters. The standard InChI is InChI=1S/C22H25N3O7S/c1-9-16-15(10(2)26)20(28)25(16)17(22(31)32)18(9)33-14-8-23-7-13(14)19(27)24-12-5-3-4-11(6-12)21(29)30/h3-6,9-10,13-16,23,26H,7-8H2,1-2H3,(H,24,27)(H,29,30)(H,31,32)/t9-,10-,13?,14?,15-,16-/m1/s1. The molecule has 0 spiro atoms. The molecular weight excluding hydrogens is 450 g/mol. The summed E-state index contributed by atoms with van der Waals surface area (Å²) in [5.41, 5.74) is 0.352. The molecule has 0 radical (unpaired) electrons. The Balaban J connectivity index is 1.53. The Morgan fingerprint density at radius 2 is 1.94 bits per heavy atom. The summed E-state index contributed by atoms with van der Waals surface area (Å²) in [6.07, 6.45) is -0.881. The molecule has 11 heteroatoms. The van der Waals surface area contributed by atoms with Gasteiger partial charge in [-0.2, -0.15) is 0 Å². The van der Waals surface area contributed by atoms with E-state index in [1.54, 1.807) is 12.1 Å². The Morgan fingerprint density at radius 1 is 1.21 bits per heavy atom. The zero-order chi connectivity index (χ0) is 24.0. The van der Waals surface area contributed by atoms with Crippen LogP contribution >= 0.6 is 11.8 Å². The minimum absolute atomic E-state index is 0.0566. The van der Waals surface area contributed by atoms with Crippen molar-refractivity contribution in [3.63, 3.8) is 0 Å². The molecule has 3 aliphatic rings. The third kappa shape index (κ3) is 4.00. The van der Waals surface area contributed by atoms with Crippen molar-refractivity contribution in [2.45, 2.75) is 31.2 Å². The number of thioether (sulfide) groups is 1. The van der Waals surface area contributed by atoms with Crippen LogP contribution in [0.5, 0.6) is 0 Å². The van der Waals surface area contributed by atoms with Crippen molar-refractivity contribution in [2.75, 3.05) is 18.4 Å². The van der Waals surface area contributed by atoms with Crippen LogP contribution in [-0.2, 0) is 14.4 Å². The monoisotopic (exact) mass is 475 g/mol. The summed E-state index contributed by atoms with van der Waals surface area (Å²) in [6, 6.07) is 5.54. The van der Waals surface area contributed by atoms with Gasteiger partial charge in [0.05, 0.1) is 29.5 Å². The molecule has 4 rings (SSSR count). The van der Waals surface area contributed by atoms with E-state index >= 15 is 0 Å². The van der Waals surface area contributed by atoms with Crippen LogP contribution in [0.3, 0.4) is 0 Å². The molecule has 5 N–H and O–H groups in total. The van der Waals surface area contributed by atoms with E-state index in [1.165, 1.54) is 35.7 Å². The van der Waals surface area contributed by atoms with Gasteiger partial charge in [-0.3, -0.25) is 9.59 Å². The predicted octanol–water partition coefficient (Wildman–Crippen LogP) is 0.798. The number of carbonyl (C=O) groups excluding carboxylic acids is 2. The maximum Gasteiger partial charge on any atom is 0.353 e. The zero-order valence-electron chi connectivity index (χ0n) is 18.0. The molecule has 3 aliphatic heterocycles. The summed E-state index contributed by atoms with van der Waals surface area (Å²) in [4.78, 5) is 50.5. The van der Waals surface area contributed by atoms with Gasteiger partial charge in [-0.25, -0.2) is 9.59 Å². The summed E-state index contributed by atoms with van der Waals surface area (Å²) >= 11 is 1.28. The predicted molar refractivity (Wildman–Crippen MR) is 119 cm³/mol. The van der Waals surface area contributed by atoms with Gasteiger partial charge >= 0.3 is 11.9 Å². The Morgan fingerprint density at radius 3 is 2.58 bits per heavy atom. The SMILES string of the molecule is C[C@@H](O)[C@H]1C(=O)N2C(C(=O)O)=C(SC3CNCC3C(=O)Nc3cccc(C(=O)O)c3)[C@H](C)[C@H]12. The highest BCUT2D eigenvalue weighted by molar-refractivity contribution is 8.03. The van der Waals surface area contributed by atoms with E-state index in [2.05, 4.69) is 10.6 Å². The van der Waals surface area contributed by atoms with Crippen molar-refractivity contribution in [2.24, 2.45) is 17.8 Å². The minimum Gasteiger partial charge on any atom is -0.478 e. The topological polar surface area (TPSA) is 156 Å². The van der Waals surface area contributed by atoms with Crippen molar-refractivity contribution in [1.29, 1.82) is 0 Å². The highest BCUT2D eigenvalue weighted by Gasteiger charge is 2.60.